The summed E-state index contributed by atoms with van der Waals surface area (Å²) in [7, 11) is 0. The normalized spacial score (nSPS) is 19.4. The van der Waals surface area contributed by atoms with Gasteiger partial charge in [0, 0.05) is 28.3 Å². The zero-order valence-electron chi connectivity index (χ0n) is 32.5. The van der Waals surface area contributed by atoms with Crippen LogP contribution in [0.3, 0.4) is 0 Å². The minimum Gasteiger partial charge on any atom is -0.310 e. The molecule has 7 aromatic rings. The van der Waals surface area contributed by atoms with Crippen LogP contribution in [0.2, 0.25) is 0 Å². The highest BCUT2D eigenvalue weighted by Gasteiger charge is 2.47. The van der Waals surface area contributed by atoms with Crippen LogP contribution in [0.1, 0.15) is 78.1 Å². The third-order valence-corrected chi connectivity index (χ3v) is 13.8. The van der Waals surface area contributed by atoms with Crippen molar-refractivity contribution in [3.63, 3.8) is 0 Å². The summed E-state index contributed by atoms with van der Waals surface area (Å²) in [5.41, 5.74) is 19.2. The topological polar surface area (TPSA) is 3.24 Å². The van der Waals surface area contributed by atoms with Gasteiger partial charge >= 0.3 is 0 Å². The third kappa shape index (κ3) is 4.37. The number of rotatable bonds is 5. The Kier molecular flexibility index (Phi) is 7.06. The molecule has 0 aromatic heterocycles. The molecule has 0 saturated carbocycles. The molecule has 0 aliphatic heterocycles. The molecule has 0 heterocycles. The van der Waals surface area contributed by atoms with E-state index in [2.05, 4.69) is 221 Å². The number of hydrogen-bond acceptors (Lipinski definition) is 1. The van der Waals surface area contributed by atoms with E-state index in [9.17, 15) is 0 Å². The Morgan fingerprint density at radius 2 is 1.02 bits per heavy atom. The molecule has 2 atom stereocenters. The van der Waals surface area contributed by atoms with Gasteiger partial charge in [0.1, 0.15) is 0 Å². The summed E-state index contributed by atoms with van der Waals surface area (Å²) in [4.78, 5) is 2.56. The fraction of sp³-hybridized carbons (Fsp3) is 0.164. The summed E-state index contributed by atoms with van der Waals surface area (Å²) in [6, 6.07) is 61.9. The van der Waals surface area contributed by atoms with Gasteiger partial charge in [-0.1, -0.05) is 185 Å². The molecule has 0 fully saturated rings. The predicted octanol–water partition coefficient (Wildman–Crippen LogP) is 13.9. The molecule has 7 aromatic carbocycles. The Bertz CT molecular complexity index is 2720. The SMILES string of the molecule is CC1(C)c2ccccc2-c2c(N(c3ccc4c(c3)-c3ccccc3C4(c3ccccc3)c3ccccc3)c3ccc4c(c3)C3C=CC=CC3C4(C)C)cccc21. The second kappa shape index (κ2) is 11.9. The lowest BCUT2D eigenvalue weighted by Crippen LogP contribution is -2.28. The van der Waals surface area contributed by atoms with Gasteiger partial charge in [0.2, 0.25) is 0 Å². The van der Waals surface area contributed by atoms with E-state index >= 15 is 0 Å². The van der Waals surface area contributed by atoms with Crippen LogP contribution in [0, 0.1) is 5.92 Å². The average molecular weight is 720 g/mol. The molecule has 0 saturated heterocycles. The fourth-order valence-corrected chi connectivity index (χ4v) is 11.3. The molecule has 270 valence electrons. The van der Waals surface area contributed by atoms with Crippen molar-refractivity contribution in [2.45, 2.75) is 49.9 Å². The quantitative estimate of drug-likeness (QED) is 0.171. The number of hydrogen-bond donors (Lipinski definition) is 0. The Balaban J connectivity index is 1.19. The predicted molar refractivity (Wildman–Crippen MR) is 234 cm³/mol. The number of fused-ring (bicyclic) bond motifs is 9. The molecule has 2 unspecified atom stereocenters. The van der Waals surface area contributed by atoms with Gasteiger partial charge in [0.25, 0.3) is 0 Å². The minimum atomic E-state index is -0.441. The van der Waals surface area contributed by atoms with E-state index in [1.54, 1.807) is 0 Å². The van der Waals surface area contributed by atoms with Crippen molar-refractivity contribution in [1.82, 2.24) is 0 Å². The maximum atomic E-state index is 2.56. The van der Waals surface area contributed by atoms with Crippen molar-refractivity contribution in [3.05, 3.63) is 233 Å². The van der Waals surface area contributed by atoms with Crippen LogP contribution in [-0.2, 0) is 16.2 Å². The van der Waals surface area contributed by atoms with Crippen LogP contribution in [0.15, 0.2) is 188 Å². The second-order valence-corrected chi connectivity index (χ2v) is 17.3. The number of nitrogens with zero attached hydrogens (tertiary/aromatic N) is 1. The highest BCUT2D eigenvalue weighted by molar-refractivity contribution is 5.97. The van der Waals surface area contributed by atoms with Gasteiger partial charge in [0.05, 0.1) is 11.1 Å². The summed E-state index contributed by atoms with van der Waals surface area (Å²) in [6.45, 7) is 9.60. The second-order valence-electron chi connectivity index (χ2n) is 17.3. The molecular weight excluding hydrogens is 675 g/mol. The molecular formula is C55H45N. The smallest absolute Gasteiger partial charge is 0.0713 e. The maximum absolute atomic E-state index is 2.56. The Labute approximate surface area is 331 Å². The molecule has 4 aliphatic rings. The van der Waals surface area contributed by atoms with Crippen molar-refractivity contribution < 1.29 is 0 Å². The number of anilines is 3. The largest absolute Gasteiger partial charge is 0.310 e. The lowest BCUT2D eigenvalue weighted by atomic mass is 9.68. The van der Waals surface area contributed by atoms with Gasteiger partial charge in [-0.2, -0.15) is 0 Å². The zero-order chi connectivity index (χ0) is 37.8. The molecule has 0 bridgehead atoms. The van der Waals surface area contributed by atoms with Crippen LogP contribution in [-0.4, -0.2) is 0 Å². The Hall–Kier alpha value is -6.18. The van der Waals surface area contributed by atoms with Crippen LogP contribution < -0.4 is 4.90 Å². The van der Waals surface area contributed by atoms with Crippen LogP contribution >= 0.6 is 0 Å². The Morgan fingerprint density at radius 3 is 1.75 bits per heavy atom. The monoisotopic (exact) mass is 719 g/mol. The summed E-state index contributed by atoms with van der Waals surface area (Å²) in [6.07, 6.45) is 9.32. The summed E-state index contributed by atoms with van der Waals surface area (Å²) in [5.74, 6) is 0.803. The van der Waals surface area contributed by atoms with Gasteiger partial charge in [-0.25, -0.2) is 0 Å². The fourth-order valence-electron chi connectivity index (χ4n) is 11.3. The van der Waals surface area contributed by atoms with Crippen LogP contribution in [0.25, 0.3) is 22.3 Å². The van der Waals surface area contributed by atoms with E-state index in [1.807, 2.05) is 0 Å². The van der Waals surface area contributed by atoms with Crippen molar-refractivity contribution in [1.29, 1.82) is 0 Å². The molecule has 1 heteroatoms. The molecule has 0 N–H and O–H groups in total. The summed E-state index contributed by atoms with van der Waals surface area (Å²) < 4.78 is 0. The first-order valence-electron chi connectivity index (χ1n) is 20.2. The standard InChI is InChI=1S/C55H45N/c1-53(2)45-25-14-11-22-40(45)43-34-38(30-32-47(43)53)56(51-29-17-28-50-52(51)42-24-13-15-26-46(42)54(50,3)4)39-31-33-49-44(35-39)41-23-12-16-27-48(41)55(49,36-18-7-5-8-19-36)37-20-9-6-10-21-37/h5-35,40,45H,1-4H3. The van der Waals surface area contributed by atoms with Gasteiger partial charge in [-0.3, -0.25) is 0 Å². The van der Waals surface area contributed by atoms with E-state index in [-0.39, 0.29) is 10.8 Å². The first-order chi connectivity index (χ1) is 27.3. The van der Waals surface area contributed by atoms with Crippen molar-refractivity contribution in [2.75, 3.05) is 4.90 Å². The first-order valence-corrected chi connectivity index (χ1v) is 20.2. The minimum absolute atomic E-state index is 0.0526. The van der Waals surface area contributed by atoms with E-state index in [1.165, 1.54) is 83.8 Å². The van der Waals surface area contributed by atoms with E-state index < -0.39 is 5.41 Å². The van der Waals surface area contributed by atoms with Crippen molar-refractivity contribution in [2.24, 2.45) is 5.92 Å². The number of benzene rings is 7. The van der Waals surface area contributed by atoms with E-state index in [4.69, 9.17) is 0 Å². The molecule has 0 radical (unpaired) electrons. The third-order valence-electron chi connectivity index (χ3n) is 13.8. The molecule has 56 heavy (non-hydrogen) atoms. The molecule has 0 amide bonds. The summed E-state index contributed by atoms with van der Waals surface area (Å²) in [5, 5.41) is 0. The highest BCUT2D eigenvalue weighted by Crippen LogP contribution is 2.60. The number of allylic oxidation sites excluding steroid dienone is 4. The lowest BCUT2D eigenvalue weighted by Gasteiger charge is -2.34. The Morgan fingerprint density at radius 1 is 0.446 bits per heavy atom. The average Bonchev–Trinajstić information content (AvgIpc) is 3.77. The van der Waals surface area contributed by atoms with Gasteiger partial charge < -0.3 is 4.90 Å². The van der Waals surface area contributed by atoms with Crippen molar-refractivity contribution >= 4 is 17.1 Å². The van der Waals surface area contributed by atoms with Gasteiger partial charge in [-0.05, 0) is 103 Å². The van der Waals surface area contributed by atoms with Crippen molar-refractivity contribution in [3.8, 4) is 22.3 Å². The van der Waals surface area contributed by atoms with E-state index in [0.29, 0.717) is 11.8 Å². The summed E-state index contributed by atoms with van der Waals surface area (Å²) >= 11 is 0. The molecule has 1 nitrogen and oxygen atoms in total. The maximum Gasteiger partial charge on any atom is 0.0713 e. The molecule has 0 spiro atoms. The lowest BCUT2D eigenvalue weighted by molar-refractivity contribution is 0.394. The van der Waals surface area contributed by atoms with Crippen LogP contribution in [0.5, 0.6) is 0 Å². The van der Waals surface area contributed by atoms with Crippen LogP contribution in [0.4, 0.5) is 17.1 Å². The van der Waals surface area contributed by atoms with E-state index in [0.717, 1.165) is 0 Å². The molecule has 11 rings (SSSR count). The zero-order valence-corrected chi connectivity index (χ0v) is 32.5. The first kappa shape index (κ1) is 33.2. The van der Waals surface area contributed by atoms with Gasteiger partial charge in [0.15, 0.2) is 0 Å². The molecule has 4 aliphatic carbocycles. The van der Waals surface area contributed by atoms with Gasteiger partial charge in [-0.15, -0.1) is 0 Å². The highest BCUT2D eigenvalue weighted by atomic mass is 15.1.